The van der Waals surface area contributed by atoms with Gasteiger partial charge in [0.25, 0.3) is 0 Å². The monoisotopic (exact) mass is 244 g/mol. The van der Waals surface area contributed by atoms with Crippen LogP contribution in [0.25, 0.3) is 0 Å². The van der Waals surface area contributed by atoms with Gasteiger partial charge in [0.15, 0.2) is 10.3 Å². The van der Waals surface area contributed by atoms with Gasteiger partial charge in [0.2, 0.25) is 0 Å². The second kappa shape index (κ2) is 5.92. The van der Waals surface area contributed by atoms with Crippen LogP contribution in [-0.2, 0) is 10.3 Å². The van der Waals surface area contributed by atoms with Crippen LogP contribution in [0.4, 0.5) is 5.69 Å². The van der Waals surface area contributed by atoms with E-state index < -0.39 is 10.3 Å². The quantitative estimate of drug-likeness (QED) is 0.357. The van der Waals surface area contributed by atoms with Gasteiger partial charge in [-0.2, -0.15) is 0 Å². The van der Waals surface area contributed by atoms with Crippen molar-refractivity contribution < 1.29 is 42.5 Å². The van der Waals surface area contributed by atoms with Gasteiger partial charge in [-0.25, -0.2) is 8.42 Å². The minimum absolute atomic E-state index is 0. The van der Waals surface area contributed by atoms with Crippen LogP contribution in [0.1, 0.15) is 0 Å². The van der Waals surface area contributed by atoms with E-state index in [-0.39, 0.29) is 29.6 Å². The number of rotatable bonds is 3. The third-order valence-corrected chi connectivity index (χ3v) is 1.77. The summed E-state index contributed by atoms with van der Waals surface area (Å²) in [7, 11) is -4.48. The van der Waals surface area contributed by atoms with Gasteiger partial charge in [-0.3, -0.25) is 0 Å². The van der Waals surface area contributed by atoms with Gasteiger partial charge in [-0.05, 0) is 24.3 Å². The van der Waals surface area contributed by atoms with Gasteiger partial charge in [-0.1, -0.05) is 11.6 Å². The fraction of sp³-hybridized carbons (Fsp3) is 0. The molecule has 0 fully saturated rings. The summed E-state index contributed by atoms with van der Waals surface area (Å²) in [5, 5.41) is 0.524. The summed E-state index contributed by atoms with van der Waals surface area (Å²) in [6.07, 6.45) is 0. The molecule has 2 N–H and O–H groups in total. The summed E-state index contributed by atoms with van der Waals surface area (Å²) in [5.41, 5.74) is 2.64. The largest absolute Gasteiger partial charge is 1.00 e. The molecule has 0 aromatic heterocycles. The Balaban J connectivity index is 0.00000169. The van der Waals surface area contributed by atoms with Crippen LogP contribution in [-0.4, -0.2) is 13.0 Å². The molecule has 0 aliphatic rings. The van der Waals surface area contributed by atoms with Crippen molar-refractivity contribution in [1.29, 1.82) is 0 Å². The molecule has 14 heavy (non-hydrogen) atoms. The summed E-state index contributed by atoms with van der Waals surface area (Å²) < 4.78 is 30.3. The number of anilines is 1. The first kappa shape index (κ1) is 14.2. The van der Waals surface area contributed by atoms with Gasteiger partial charge in [0, 0.05) is 10.7 Å². The molecule has 1 aromatic rings. The van der Waals surface area contributed by atoms with E-state index in [2.05, 4.69) is 5.43 Å². The molecule has 0 aliphatic carbocycles. The fourth-order valence-corrected chi connectivity index (χ4v) is 1.02. The van der Waals surface area contributed by atoms with Crippen molar-refractivity contribution in [3.63, 3.8) is 0 Å². The van der Waals surface area contributed by atoms with Crippen molar-refractivity contribution in [2.75, 3.05) is 5.43 Å². The maximum Gasteiger partial charge on any atom is 1.00 e. The fourth-order valence-electron chi connectivity index (χ4n) is 0.655. The van der Waals surface area contributed by atoms with E-state index in [1.54, 1.807) is 17.0 Å². The number of hydrazine groups is 1. The Morgan fingerprint density at radius 1 is 1.21 bits per heavy atom. The molecule has 0 atom stereocenters. The van der Waals surface area contributed by atoms with E-state index in [1.165, 1.54) is 12.1 Å². The predicted octanol–water partition coefficient (Wildman–Crippen LogP) is -2.28. The van der Waals surface area contributed by atoms with Crippen LogP contribution < -0.4 is 39.8 Å². The Morgan fingerprint density at radius 2 is 1.71 bits per heavy atom. The normalized spacial score (nSPS) is 10.4. The first-order valence-corrected chi connectivity index (χ1v) is 5.00. The molecule has 0 aliphatic heterocycles. The van der Waals surface area contributed by atoms with Crippen molar-refractivity contribution >= 4 is 27.6 Å². The SMILES string of the molecule is O=S(=O)([O-])NNc1ccc(Cl)cc1.[Na+]. The molecule has 0 unspecified atom stereocenters. The van der Waals surface area contributed by atoms with Crippen LogP contribution in [0.15, 0.2) is 24.3 Å². The molecule has 72 valence electrons. The Labute approximate surface area is 109 Å². The number of nitrogens with one attached hydrogen (secondary N) is 2. The smallest absolute Gasteiger partial charge is 0.734 e. The molecule has 1 rings (SSSR count). The van der Waals surface area contributed by atoms with Crippen LogP contribution >= 0.6 is 11.6 Å². The average Bonchev–Trinajstić information content (AvgIpc) is 2.02. The molecule has 0 saturated heterocycles. The second-order valence-corrected chi connectivity index (χ2v) is 3.74. The number of hydrogen-bond donors (Lipinski definition) is 2. The molecular weight excluding hydrogens is 239 g/mol. The Bertz CT molecular complexity index is 381. The summed E-state index contributed by atoms with van der Waals surface area (Å²) in [4.78, 5) is 1.58. The van der Waals surface area contributed by atoms with Crippen molar-refractivity contribution in [3.05, 3.63) is 29.3 Å². The zero-order chi connectivity index (χ0) is 9.90. The molecule has 5 nitrogen and oxygen atoms in total. The molecule has 0 amide bonds. The van der Waals surface area contributed by atoms with Crippen LogP contribution in [0.5, 0.6) is 0 Å². The van der Waals surface area contributed by atoms with Crippen LogP contribution in [0, 0.1) is 0 Å². The summed E-state index contributed by atoms with van der Waals surface area (Å²) in [6.45, 7) is 0. The number of halogens is 1. The minimum Gasteiger partial charge on any atom is -0.734 e. The van der Waals surface area contributed by atoms with Gasteiger partial charge in [-0.15, -0.1) is 4.83 Å². The van der Waals surface area contributed by atoms with Crippen molar-refractivity contribution in [3.8, 4) is 0 Å². The van der Waals surface area contributed by atoms with Gasteiger partial charge in [0.1, 0.15) is 0 Å². The molecule has 0 radical (unpaired) electrons. The van der Waals surface area contributed by atoms with Crippen LogP contribution in [0.2, 0.25) is 5.02 Å². The van der Waals surface area contributed by atoms with E-state index in [4.69, 9.17) is 11.6 Å². The molecule has 8 heteroatoms. The summed E-state index contributed by atoms with van der Waals surface area (Å²) in [6, 6.07) is 6.17. The van der Waals surface area contributed by atoms with Gasteiger partial charge >= 0.3 is 29.6 Å². The zero-order valence-electron chi connectivity index (χ0n) is 7.32. The first-order chi connectivity index (χ1) is 5.97. The molecular formula is C6H6ClN2NaO3S. The Kier molecular flexibility index (Phi) is 5.99. The summed E-state index contributed by atoms with van der Waals surface area (Å²) in [5.74, 6) is 0. The van der Waals surface area contributed by atoms with E-state index in [9.17, 15) is 13.0 Å². The van der Waals surface area contributed by atoms with Gasteiger partial charge in [0.05, 0.1) is 0 Å². The molecule has 1 aromatic carbocycles. The predicted molar refractivity (Wildman–Crippen MR) is 47.9 cm³/mol. The third-order valence-electron chi connectivity index (χ3n) is 1.16. The summed E-state index contributed by atoms with van der Waals surface area (Å²) >= 11 is 5.57. The minimum atomic E-state index is -4.48. The second-order valence-electron chi connectivity index (χ2n) is 2.19. The average molecular weight is 245 g/mol. The molecule has 0 spiro atoms. The van der Waals surface area contributed by atoms with Crippen LogP contribution in [0.3, 0.4) is 0 Å². The van der Waals surface area contributed by atoms with E-state index in [0.717, 1.165) is 0 Å². The molecule has 0 heterocycles. The molecule has 0 saturated carbocycles. The Morgan fingerprint density at radius 3 is 2.14 bits per heavy atom. The van der Waals surface area contributed by atoms with E-state index in [1.807, 2.05) is 0 Å². The topological polar surface area (TPSA) is 81.3 Å². The zero-order valence-corrected chi connectivity index (χ0v) is 10.9. The third kappa shape index (κ3) is 5.82. The van der Waals surface area contributed by atoms with E-state index >= 15 is 0 Å². The van der Waals surface area contributed by atoms with Crippen molar-refractivity contribution in [2.45, 2.75) is 0 Å². The van der Waals surface area contributed by atoms with Crippen molar-refractivity contribution in [2.24, 2.45) is 0 Å². The number of benzene rings is 1. The standard InChI is InChI=1S/C6H7ClN2O3S.Na/c7-5-1-3-6(4-2-5)8-9-13(10,11)12;/h1-4,8-9H,(H,10,11,12);/q;+1/p-1. The van der Waals surface area contributed by atoms with E-state index in [0.29, 0.717) is 10.7 Å². The number of hydrogen-bond acceptors (Lipinski definition) is 4. The first-order valence-electron chi connectivity index (χ1n) is 3.21. The Hall–Kier alpha value is 0.180. The maximum atomic E-state index is 10.1. The molecule has 0 bridgehead atoms. The van der Waals surface area contributed by atoms with Crippen molar-refractivity contribution in [1.82, 2.24) is 4.83 Å². The maximum absolute atomic E-state index is 10.1. The van der Waals surface area contributed by atoms with Gasteiger partial charge < -0.3 is 9.98 Å².